The molecule has 0 unspecified atom stereocenters. The summed E-state index contributed by atoms with van der Waals surface area (Å²) < 4.78 is 48.4. The molecule has 0 heterocycles. The van der Waals surface area contributed by atoms with Crippen molar-refractivity contribution in [2.75, 3.05) is 32.7 Å². The van der Waals surface area contributed by atoms with E-state index in [4.69, 9.17) is 18.9 Å². The van der Waals surface area contributed by atoms with Gasteiger partial charge in [-0.1, -0.05) is 12.1 Å². The fraction of sp³-hybridized carbons (Fsp3) is 0.200. The predicted molar refractivity (Wildman–Crippen MR) is 132 cm³/mol. The van der Waals surface area contributed by atoms with E-state index in [0.29, 0.717) is 22.9 Å². The van der Waals surface area contributed by atoms with Crippen LogP contribution in [-0.4, -0.2) is 48.2 Å². The fourth-order valence-corrected chi connectivity index (χ4v) is 4.22. The van der Waals surface area contributed by atoms with Crippen LogP contribution in [0.5, 0.6) is 17.2 Å². The maximum Gasteiger partial charge on any atom is 0.338 e. The summed E-state index contributed by atoms with van der Waals surface area (Å²) in [7, 11) is 0.571. The third kappa shape index (κ3) is 6.89. The summed E-state index contributed by atoms with van der Waals surface area (Å²) in [6.07, 6.45) is 0. The lowest BCUT2D eigenvalue weighted by atomic mass is 10.2. The minimum atomic E-state index is -3.97. The number of rotatable bonds is 11. The average Bonchev–Trinajstić information content (AvgIpc) is 2.90. The Labute approximate surface area is 209 Å². The molecule has 0 aliphatic carbocycles. The molecule has 3 aromatic carbocycles. The number of ether oxygens (including phenoxy) is 4. The van der Waals surface area contributed by atoms with Gasteiger partial charge >= 0.3 is 5.97 Å². The molecule has 0 radical (unpaired) electrons. The molecule has 190 valence electrons. The van der Waals surface area contributed by atoms with Gasteiger partial charge in [0, 0.05) is 12.2 Å². The van der Waals surface area contributed by atoms with Crippen molar-refractivity contribution < 1.29 is 37.0 Å². The number of nitrogens with one attached hydrogen (secondary N) is 2. The van der Waals surface area contributed by atoms with Gasteiger partial charge in [-0.2, -0.15) is 0 Å². The van der Waals surface area contributed by atoms with Crippen molar-refractivity contribution in [2.24, 2.45) is 0 Å². The molecule has 0 spiro atoms. The normalized spacial score (nSPS) is 10.8. The number of methoxy groups -OCH3 is 3. The van der Waals surface area contributed by atoms with Crippen LogP contribution in [0.2, 0.25) is 0 Å². The molecule has 3 rings (SSSR count). The molecule has 10 nitrogen and oxygen atoms in total. The molecule has 0 atom stereocenters. The van der Waals surface area contributed by atoms with Crippen molar-refractivity contribution in [3.8, 4) is 17.2 Å². The second kappa shape index (κ2) is 11.9. The third-order valence-corrected chi connectivity index (χ3v) is 6.37. The van der Waals surface area contributed by atoms with Gasteiger partial charge in [0.1, 0.15) is 5.75 Å². The zero-order valence-corrected chi connectivity index (χ0v) is 20.8. The van der Waals surface area contributed by atoms with Crippen LogP contribution in [0, 0.1) is 0 Å². The van der Waals surface area contributed by atoms with Gasteiger partial charge in [-0.15, -0.1) is 0 Å². The van der Waals surface area contributed by atoms with E-state index >= 15 is 0 Å². The summed E-state index contributed by atoms with van der Waals surface area (Å²) in [5.41, 5.74) is 1.07. The molecule has 11 heteroatoms. The van der Waals surface area contributed by atoms with Crippen LogP contribution in [0.1, 0.15) is 15.9 Å². The number of anilines is 1. The Morgan fingerprint density at radius 2 is 1.56 bits per heavy atom. The summed E-state index contributed by atoms with van der Waals surface area (Å²) in [6.45, 7) is -0.352. The molecule has 0 saturated carbocycles. The minimum absolute atomic E-state index is 0.0136. The number of hydrogen-bond acceptors (Lipinski definition) is 8. The van der Waals surface area contributed by atoms with Gasteiger partial charge in [-0.25, -0.2) is 13.2 Å². The first-order valence-corrected chi connectivity index (χ1v) is 12.2. The highest BCUT2D eigenvalue weighted by Crippen LogP contribution is 2.27. The summed E-state index contributed by atoms with van der Waals surface area (Å²) in [6, 6.07) is 16.9. The van der Waals surface area contributed by atoms with Crippen LogP contribution in [0.3, 0.4) is 0 Å². The summed E-state index contributed by atoms with van der Waals surface area (Å²) in [5.74, 6) is 0.299. The molecule has 0 fully saturated rings. The first-order chi connectivity index (χ1) is 17.2. The van der Waals surface area contributed by atoms with Crippen molar-refractivity contribution in [1.82, 2.24) is 5.32 Å². The molecule has 3 aromatic rings. The van der Waals surface area contributed by atoms with Gasteiger partial charge in [0.25, 0.3) is 15.9 Å². The van der Waals surface area contributed by atoms with Gasteiger partial charge in [0.15, 0.2) is 18.1 Å². The van der Waals surface area contributed by atoms with Crippen molar-refractivity contribution in [3.05, 3.63) is 77.9 Å². The van der Waals surface area contributed by atoms with Crippen LogP contribution in [-0.2, 0) is 26.1 Å². The number of esters is 1. The Morgan fingerprint density at radius 3 is 2.22 bits per heavy atom. The monoisotopic (exact) mass is 514 g/mol. The molecule has 0 saturated heterocycles. The Balaban J connectivity index is 1.57. The van der Waals surface area contributed by atoms with E-state index < -0.39 is 28.5 Å². The maximum atomic E-state index is 12.7. The number of amides is 1. The van der Waals surface area contributed by atoms with Gasteiger partial charge in [-0.05, 0) is 60.2 Å². The molecule has 0 aliphatic rings. The number of hydrogen-bond donors (Lipinski definition) is 2. The van der Waals surface area contributed by atoms with Crippen LogP contribution < -0.4 is 24.2 Å². The quantitative estimate of drug-likeness (QED) is 0.374. The summed E-state index contributed by atoms with van der Waals surface area (Å²) >= 11 is 0. The van der Waals surface area contributed by atoms with Gasteiger partial charge < -0.3 is 24.3 Å². The maximum absolute atomic E-state index is 12.7. The minimum Gasteiger partial charge on any atom is -0.497 e. The number of carbonyl (C=O) groups excluding carboxylic acids is 2. The van der Waals surface area contributed by atoms with Crippen LogP contribution in [0.15, 0.2) is 71.6 Å². The van der Waals surface area contributed by atoms with Crippen LogP contribution >= 0.6 is 0 Å². The van der Waals surface area contributed by atoms with Crippen molar-refractivity contribution in [1.29, 1.82) is 0 Å². The smallest absolute Gasteiger partial charge is 0.338 e. The molecule has 0 aromatic heterocycles. The lowest BCUT2D eigenvalue weighted by Crippen LogP contribution is -2.28. The summed E-state index contributed by atoms with van der Waals surface area (Å²) in [4.78, 5) is 24.4. The summed E-state index contributed by atoms with van der Waals surface area (Å²) in [5, 5.41) is 2.64. The van der Waals surface area contributed by atoms with Gasteiger partial charge in [0.05, 0.1) is 31.8 Å². The van der Waals surface area contributed by atoms with Gasteiger partial charge in [0.2, 0.25) is 0 Å². The Bertz CT molecular complexity index is 1320. The number of sulfonamides is 1. The zero-order chi connectivity index (χ0) is 26.1. The second-order valence-electron chi connectivity index (χ2n) is 7.40. The first-order valence-electron chi connectivity index (χ1n) is 10.7. The Kier molecular flexibility index (Phi) is 8.74. The van der Waals surface area contributed by atoms with E-state index in [1.807, 2.05) is 0 Å². The van der Waals surface area contributed by atoms with E-state index in [2.05, 4.69) is 10.0 Å². The van der Waals surface area contributed by atoms with Crippen molar-refractivity contribution in [2.45, 2.75) is 11.4 Å². The SMILES string of the molecule is COc1ccc(NS(=O)(=O)c2cccc(C(=O)OCC(=O)NCc3ccc(OC)c(OC)c3)c2)cc1. The van der Waals surface area contributed by atoms with Crippen molar-refractivity contribution in [3.63, 3.8) is 0 Å². The van der Waals surface area contributed by atoms with Crippen molar-refractivity contribution >= 4 is 27.6 Å². The average molecular weight is 515 g/mol. The van der Waals surface area contributed by atoms with E-state index in [-0.39, 0.29) is 17.0 Å². The molecule has 1 amide bonds. The lowest BCUT2D eigenvalue weighted by molar-refractivity contribution is -0.124. The van der Waals surface area contributed by atoms with Crippen LogP contribution in [0.4, 0.5) is 5.69 Å². The van der Waals surface area contributed by atoms with Gasteiger partial charge in [-0.3, -0.25) is 9.52 Å². The number of benzene rings is 3. The lowest BCUT2D eigenvalue weighted by Gasteiger charge is -2.11. The molecule has 0 bridgehead atoms. The molecule has 36 heavy (non-hydrogen) atoms. The first kappa shape index (κ1) is 26.4. The fourth-order valence-electron chi connectivity index (χ4n) is 3.12. The molecule has 0 aliphatic heterocycles. The predicted octanol–water partition coefficient (Wildman–Crippen LogP) is 2.99. The largest absolute Gasteiger partial charge is 0.497 e. The standard InChI is InChI=1S/C25H26N2O8S/c1-32-20-10-8-19(9-11-20)27-36(30,31)21-6-4-5-18(14-21)25(29)35-16-24(28)26-15-17-7-12-22(33-2)23(13-17)34-3/h4-14,27H,15-16H2,1-3H3,(H,26,28). The Hall–Kier alpha value is -4.25. The Morgan fingerprint density at radius 1 is 0.833 bits per heavy atom. The van der Waals surface area contributed by atoms with E-state index in [9.17, 15) is 18.0 Å². The highest BCUT2D eigenvalue weighted by molar-refractivity contribution is 7.92. The van der Waals surface area contributed by atoms with Crippen LogP contribution in [0.25, 0.3) is 0 Å². The highest BCUT2D eigenvalue weighted by atomic mass is 32.2. The molecular weight excluding hydrogens is 488 g/mol. The van der Waals surface area contributed by atoms with E-state index in [1.54, 1.807) is 42.5 Å². The molecular formula is C25H26N2O8S. The molecule has 2 N–H and O–H groups in total. The zero-order valence-electron chi connectivity index (χ0n) is 19.9. The van der Waals surface area contributed by atoms with E-state index in [0.717, 1.165) is 5.56 Å². The third-order valence-electron chi connectivity index (χ3n) is 4.99. The second-order valence-corrected chi connectivity index (χ2v) is 9.09. The van der Waals surface area contributed by atoms with E-state index in [1.165, 1.54) is 45.6 Å². The topological polar surface area (TPSA) is 129 Å². The highest BCUT2D eigenvalue weighted by Gasteiger charge is 2.18. The number of carbonyl (C=O) groups is 2.